The summed E-state index contributed by atoms with van der Waals surface area (Å²) in [6.07, 6.45) is 1.56. The van der Waals surface area contributed by atoms with Gasteiger partial charge in [0.05, 0.1) is 12.0 Å². The van der Waals surface area contributed by atoms with Crippen LogP contribution in [0.1, 0.15) is 11.1 Å². The van der Waals surface area contributed by atoms with Crippen LogP contribution in [0.2, 0.25) is 0 Å². The number of aromatic nitrogens is 3. The van der Waals surface area contributed by atoms with Crippen molar-refractivity contribution in [1.82, 2.24) is 14.8 Å². The number of para-hydroxylation sites is 1. The van der Waals surface area contributed by atoms with E-state index in [2.05, 4.69) is 35.3 Å². The molecule has 0 aliphatic rings. The van der Waals surface area contributed by atoms with E-state index in [1.807, 2.05) is 6.07 Å². The molecule has 0 N–H and O–H groups in total. The van der Waals surface area contributed by atoms with E-state index in [-0.39, 0.29) is 5.82 Å². The van der Waals surface area contributed by atoms with E-state index in [1.165, 1.54) is 29.0 Å². The average Bonchev–Trinajstić information content (AvgIpc) is 3.30. The minimum Gasteiger partial charge on any atom is -0.461 e. The number of rotatable bonds is 5. The maximum atomic E-state index is 14.5. The molecular formula is C20H16FN3OS. The predicted molar refractivity (Wildman–Crippen MR) is 99.8 cm³/mol. The fourth-order valence-electron chi connectivity index (χ4n) is 2.73. The van der Waals surface area contributed by atoms with Gasteiger partial charge in [0.25, 0.3) is 0 Å². The highest BCUT2D eigenvalue weighted by atomic mass is 32.2. The summed E-state index contributed by atoms with van der Waals surface area (Å²) in [4.78, 5) is 0. The van der Waals surface area contributed by atoms with E-state index in [1.54, 1.807) is 41.2 Å². The van der Waals surface area contributed by atoms with Crippen molar-refractivity contribution in [2.24, 2.45) is 0 Å². The summed E-state index contributed by atoms with van der Waals surface area (Å²) in [7, 11) is 0. The standard InChI is InChI=1S/C20H16FN3OS/c1-14-6-4-7-15(12-14)13-26-20-23-22-19(18-10-5-11-25-18)24(20)17-9-3-2-8-16(17)21/h2-12H,13H2,1H3. The fraction of sp³-hybridized carbons (Fsp3) is 0.100. The summed E-state index contributed by atoms with van der Waals surface area (Å²) in [5.41, 5.74) is 2.78. The number of benzene rings is 2. The van der Waals surface area contributed by atoms with Crippen molar-refractivity contribution in [3.05, 3.63) is 83.9 Å². The quantitative estimate of drug-likeness (QED) is 0.452. The Labute approximate surface area is 154 Å². The summed E-state index contributed by atoms with van der Waals surface area (Å²) in [5.74, 6) is 1.40. The number of hydrogen-bond donors (Lipinski definition) is 0. The molecule has 2 aromatic carbocycles. The molecule has 0 fully saturated rings. The molecule has 2 heterocycles. The second kappa shape index (κ2) is 7.17. The fourth-order valence-corrected chi connectivity index (χ4v) is 3.62. The number of thioether (sulfide) groups is 1. The summed E-state index contributed by atoms with van der Waals surface area (Å²) in [6, 6.07) is 18.4. The third-order valence-corrected chi connectivity index (χ3v) is 4.92. The molecule has 0 amide bonds. The van der Waals surface area contributed by atoms with Gasteiger partial charge < -0.3 is 4.42 Å². The van der Waals surface area contributed by atoms with E-state index in [4.69, 9.17) is 4.42 Å². The first kappa shape index (κ1) is 16.6. The van der Waals surface area contributed by atoms with Crippen LogP contribution in [0.3, 0.4) is 0 Å². The average molecular weight is 365 g/mol. The van der Waals surface area contributed by atoms with Gasteiger partial charge in [0, 0.05) is 5.75 Å². The largest absolute Gasteiger partial charge is 0.461 e. The molecule has 4 nitrogen and oxygen atoms in total. The van der Waals surface area contributed by atoms with Crippen molar-refractivity contribution in [2.45, 2.75) is 17.8 Å². The summed E-state index contributed by atoms with van der Waals surface area (Å²) in [5, 5.41) is 9.13. The molecule has 0 saturated carbocycles. The van der Waals surface area contributed by atoms with Gasteiger partial charge in [-0.3, -0.25) is 4.57 Å². The molecule has 26 heavy (non-hydrogen) atoms. The molecule has 130 valence electrons. The maximum Gasteiger partial charge on any atom is 0.205 e. The smallest absolute Gasteiger partial charge is 0.205 e. The first-order valence-corrected chi connectivity index (χ1v) is 9.13. The van der Waals surface area contributed by atoms with Crippen molar-refractivity contribution < 1.29 is 8.81 Å². The van der Waals surface area contributed by atoms with Crippen molar-refractivity contribution in [3.63, 3.8) is 0 Å². The van der Waals surface area contributed by atoms with Gasteiger partial charge in [0.1, 0.15) is 5.82 Å². The number of aryl methyl sites for hydroxylation is 1. The molecule has 0 spiro atoms. The lowest BCUT2D eigenvalue weighted by molar-refractivity contribution is 0.572. The minimum absolute atomic E-state index is 0.336. The number of furan rings is 1. The highest BCUT2D eigenvalue weighted by Crippen LogP contribution is 2.31. The molecule has 0 aliphatic carbocycles. The van der Waals surface area contributed by atoms with Crippen molar-refractivity contribution in [1.29, 1.82) is 0 Å². The second-order valence-electron chi connectivity index (χ2n) is 5.85. The molecule has 0 atom stereocenters. The second-order valence-corrected chi connectivity index (χ2v) is 6.79. The van der Waals surface area contributed by atoms with Crippen LogP contribution in [-0.2, 0) is 5.75 Å². The van der Waals surface area contributed by atoms with Gasteiger partial charge in [-0.25, -0.2) is 4.39 Å². The highest BCUT2D eigenvalue weighted by Gasteiger charge is 2.20. The Bertz CT molecular complexity index is 1030. The van der Waals surface area contributed by atoms with Crippen molar-refractivity contribution >= 4 is 11.8 Å². The number of halogens is 1. The van der Waals surface area contributed by atoms with Crippen LogP contribution in [-0.4, -0.2) is 14.8 Å². The van der Waals surface area contributed by atoms with Crippen LogP contribution in [0.4, 0.5) is 4.39 Å². The zero-order valence-corrected chi connectivity index (χ0v) is 14.9. The van der Waals surface area contributed by atoms with Gasteiger partial charge in [-0.1, -0.05) is 53.7 Å². The Balaban J connectivity index is 1.74. The molecule has 0 saturated heterocycles. The molecule has 0 bridgehead atoms. The SMILES string of the molecule is Cc1cccc(CSc2nnc(-c3ccco3)n2-c2ccccc2F)c1. The van der Waals surface area contributed by atoms with Crippen LogP contribution >= 0.6 is 11.8 Å². The molecule has 0 aliphatic heterocycles. The molecule has 0 radical (unpaired) electrons. The van der Waals surface area contributed by atoms with E-state index < -0.39 is 0 Å². The van der Waals surface area contributed by atoms with Crippen LogP contribution in [0.25, 0.3) is 17.3 Å². The Kier molecular flexibility index (Phi) is 4.58. The zero-order valence-electron chi connectivity index (χ0n) is 14.1. The topological polar surface area (TPSA) is 43.9 Å². The Morgan fingerprint density at radius 2 is 1.92 bits per heavy atom. The van der Waals surface area contributed by atoms with E-state index >= 15 is 0 Å². The maximum absolute atomic E-state index is 14.5. The molecule has 4 aromatic rings. The van der Waals surface area contributed by atoms with Gasteiger partial charge >= 0.3 is 0 Å². The molecule has 2 aromatic heterocycles. The Morgan fingerprint density at radius 1 is 1.04 bits per heavy atom. The highest BCUT2D eigenvalue weighted by molar-refractivity contribution is 7.98. The number of nitrogens with zero attached hydrogens (tertiary/aromatic N) is 3. The molecule has 0 unspecified atom stereocenters. The third-order valence-electron chi connectivity index (χ3n) is 3.92. The summed E-state index contributed by atoms with van der Waals surface area (Å²) in [6.45, 7) is 2.06. The zero-order chi connectivity index (χ0) is 17.9. The monoisotopic (exact) mass is 365 g/mol. The van der Waals surface area contributed by atoms with E-state index in [0.717, 1.165) is 0 Å². The van der Waals surface area contributed by atoms with E-state index in [0.29, 0.717) is 28.2 Å². The lowest BCUT2D eigenvalue weighted by Crippen LogP contribution is -2.02. The van der Waals surface area contributed by atoms with Crippen molar-refractivity contribution in [2.75, 3.05) is 0 Å². The normalized spacial score (nSPS) is 11.0. The lowest BCUT2D eigenvalue weighted by atomic mass is 10.2. The Hall–Kier alpha value is -2.86. The Morgan fingerprint density at radius 3 is 2.69 bits per heavy atom. The van der Waals surface area contributed by atoms with Crippen LogP contribution in [0, 0.1) is 12.7 Å². The summed E-state index contributed by atoms with van der Waals surface area (Å²) >= 11 is 1.51. The molecule has 6 heteroatoms. The third kappa shape index (κ3) is 3.28. The van der Waals surface area contributed by atoms with Gasteiger partial charge in [0.2, 0.25) is 5.82 Å². The van der Waals surface area contributed by atoms with Crippen molar-refractivity contribution in [3.8, 4) is 17.3 Å². The van der Waals surface area contributed by atoms with Gasteiger partial charge in [-0.2, -0.15) is 0 Å². The molecule has 4 rings (SSSR count). The van der Waals surface area contributed by atoms with Gasteiger partial charge in [-0.15, -0.1) is 10.2 Å². The first-order valence-electron chi connectivity index (χ1n) is 8.15. The predicted octanol–water partition coefficient (Wildman–Crippen LogP) is 5.27. The van der Waals surface area contributed by atoms with Gasteiger partial charge in [0.15, 0.2) is 10.9 Å². The van der Waals surface area contributed by atoms with Crippen LogP contribution in [0.5, 0.6) is 0 Å². The lowest BCUT2D eigenvalue weighted by Gasteiger charge is -2.10. The van der Waals surface area contributed by atoms with E-state index in [9.17, 15) is 4.39 Å². The van der Waals surface area contributed by atoms with Gasteiger partial charge in [-0.05, 0) is 36.8 Å². The number of hydrogen-bond acceptors (Lipinski definition) is 4. The summed E-state index contributed by atoms with van der Waals surface area (Å²) < 4.78 is 21.6. The van der Waals surface area contributed by atoms with Crippen LogP contribution < -0.4 is 0 Å². The van der Waals surface area contributed by atoms with Crippen LogP contribution in [0.15, 0.2) is 76.5 Å². The minimum atomic E-state index is -0.336. The molecular weight excluding hydrogens is 349 g/mol. The first-order chi connectivity index (χ1) is 12.7.